The van der Waals surface area contributed by atoms with Crippen LogP contribution < -0.4 is 49.7 Å². The van der Waals surface area contributed by atoms with Crippen LogP contribution in [0.15, 0.2) is 334 Å². The first-order valence-corrected chi connectivity index (χ1v) is 48.7. The number of nitrogens with zero attached hydrogens (tertiary/aromatic N) is 8. The fourth-order valence-electron chi connectivity index (χ4n) is 15.4. The number of halogens is 8. The summed E-state index contributed by atoms with van der Waals surface area (Å²) >= 11 is 25.8. The van der Waals surface area contributed by atoms with E-state index in [1.807, 2.05) is 133 Å². The molecular formula is C110H86Cl4F4N12O14S. The van der Waals surface area contributed by atoms with Crippen LogP contribution in [0.3, 0.4) is 0 Å². The van der Waals surface area contributed by atoms with Gasteiger partial charge in [0, 0.05) is 97.1 Å². The van der Waals surface area contributed by atoms with Crippen molar-refractivity contribution in [3.05, 3.63) is 394 Å². The average Bonchev–Trinajstić information content (AvgIpc) is 1.78. The summed E-state index contributed by atoms with van der Waals surface area (Å²) in [5.41, 5.74) is 12.3. The van der Waals surface area contributed by atoms with Crippen molar-refractivity contribution in [2.24, 2.45) is 0 Å². The highest BCUT2D eigenvalue weighted by molar-refractivity contribution is 7.90. The molecule has 9 heterocycles. The van der Waals surface area contributed by atoms with Crippen LogP contribution in [0.1, 0.15) is 52.9 Å². The van der Waals surface area contributed by atoms with Crippen LogP contribution in [0, 0.1) is 23.3 Å². The normalized spacial score (nSPS) is 11.8. The van der Waals surface area contributed by atoms with Gasteiger partial charge < -0.3 is 76.8 Å². The Kier molecular flexibility index (Phi) is 31.6. The number of aryl methyl sites for hydroxylation is 1. The van der Waals surface area contributed by atoms with Crippen molar-refractivity contribution >= 4 is 146 Å². The molecule has 0 unspecified atom stereocenters. The van der Waals surface area contributed by atoms with Crippen molar-refractivity contribution in [3.8, 4) is 80.2 Å². The van der Waals surface area contributed by atoms with Gasteiger partial charge in [-0.15, -0.1) is 0 Å². The van der Waals surface area contributed by atoms with Gasteiger partial charge in [-0.25, -0.2) is 65.9 Å². The number of unbranched alkanes of at least 4 members (excludes halogenated alkanes) is 1. The van der Waals surface area contributed by atoms with Crippen molar-refractivity contribution in [1.82, 2.24) is 39.9 Å². The van der Waals surface area contributed by atoms with Crippen molar-refractivity contribution in [2.45, 2.75) is 52.0 Å². The predicted molar refractivity (Wildman–Crippen MR) is 551 cm³/mol. The summed E-state index contributed by atoms with van der Waals surface area (Å²) in [6.45, 7) is 1.92. The number of methoxy groups -OCH3 is 2. The minimum Gasteiger partial charge on any atom is -0.487 e. The first-order valence-electron chi connectivity index (χ1n) is 45.2. The highest BCUT2D eigenvalue weighted by atomic mass is 35.5. The number of rotatable bonds is 32. The van der Waals surface area contributed by atoms with Crippen molar-refractivity contribution in [2.75, 3.05) is 60.7 Å². The summed E-state index contributed by atoms with van der Waals surface area (Å²) < 4.78 is 144. The van der Waals surface area contributed by atoms with Gasteiger partial charge in [0.15, 0.2) is 5.76 Å². The lowest BCUT2D eigenvalue weighted by Gasteiger charge is -2.12. The third-order valence-electron chi connectivity index (χ3n) is 22.5. The van der Waals surface area contributed by atoms with Gasteiger partial charge in [-0.2, -0.15) is 0 Å². The van der Waals surface area contributed by atoms with Gasteiger partial charge in [0.05, 0.1) is 69.6 Å². The monoisotopic (exact) mass is 2050 g/mol. The van der Waals surface area contributed by atoms with Crippen LogP contribution in [0.4, 0.5) is 63.6 Å². The Bertz CT molecular complexity index is 7920. The quantitative estimate of drug-likeness (QED) is 0.0225. The van der Waals surface area contributed by atoms with E-state index in [0.717, 1.165) is 106 Å². The molecule has 145 heavy (non-hydrogen) atoms. The molecule has 12 aromatic carbocycles. The number of anilines is 8. The highest BCUT2D eigenvalue weighted by Gasteiger charge is 2.24. The Balaban J connectivity index is 0.000000127. The van der Waals surface area contributed by atoms with Crippen molar-refractivity contribution < 1.29 is 81.5 Å². The van der Waals surface area contributed by atoms with E-state index in [1.54, 1.807) is 123 Å². The summed E-state index contributed by atoms with van der Waals surface area (Å²) in [7, 11) is 0.158. The molecular weight excluding hydrogens is 1960 g/mol. The molecule has 20 aromatic rings. The summed E-state index contributed by atoms with van der Waals surface area (Å²) in [5.74, 6) is 8.43. The Morgan fingerprint density at radius 2 is 0.648 bits per heavy atom. The molecule has 1 saturated heterocycles. The molecule has 35 heteroatoms. The first-order chi connectivity index (χ1) is 70.5. The molecule has 0 aliphatic carbocycles. The van der Waals surface area contributed by atoms with E-state index in [0.29, 0.717) is 150 Å². The maximum absolute atomic E-state index is 13.4. The van der Waals surface area contributed by atoms with Crippen molar-refractivity contribution in [1.29, 1.82) is 0 Å². The van der Waals surface area contributed by atoms with Gasteiger partial charge in [0.1, 0.15) is 160 Å². The largest absolute Gasteiger partial charge is 0.487 e. The van der Waals surface area contributed by atoms with E-state index in [2.05, 4.69) is 61.1 Å². The third kappa shape index (κ3) is 26.1. The first kappa shape index (κ1) is 99.0. The van der Waals surface area contributed by atoms with Crippen LogP contribution in [0.25, 0.3) is 88.9 Å². The van der Waals surface area contributed by atoms with Gasteiger partial charge in [0.25, 0.3) is 11.9 Å². The van der Waals surface area contributed by atoms with Crippen LogP contribution in [0.5, 0.6) is 34.9 Å². The Morgan fingerprint density at radius 3 is 0.952 bits per heavy atom. The molecule has 0 radical (unpaired) electrons. The summed E-state index contributed by atoms with van der Waals surface area (Å²) in [4.78, 5) is 35.2. The second-order valence-electron chi connectivity index (χ2n) is 32.8. The highest BCUT2D eigenvalue weighted by Crippen LogP contribution is 2.42. The second kappa shape index (κ2) is 46.3. The minimum atomic E-state index is -2.96. The number of nitrogens with one attached hydrogen (secondary N) is 4. The lowest BCUT2D eigenvalue weighted by molar-refractivity contribution is -0.0585. The Labute approximate surface area is 848 Å². The number of hydrogen-bond donors (Lipinski definition) is 4. The molecule has 0 saturated carbocycles. The zero-order valence-corrected chi connectivity index (χ0v) is 81.2. The molecule has 732 valence electrons. The standard InChI is InChI=1S/C30H27ClFN3O4S.C28H21ClFN3O4.2C26H19ClFN3O3/c1-40(36,37)14-3-2-7-24-10-13-28(39-24)21-8-11-27-25(16-21)30(34-19-33-27)35-23-9-12-29(26(31)17-23)38-18-20-5-4-6-22(32)15-20;29-22-14-20(5-7-25(22)36-15-17-2-1-3-19(30)12-17)33-27-21-13-18(4-6-23(21)31-16-32-27)24-8-9-26(37-24)28-34-10-11-35-28;2*1-32-25-10-9-23(34-25)17-5-7-22-20(12-17)26(30-15-29-22)31-19-6-8-24(21(27)13-19)33-14-16-3-2-4-18(28)11-16/h4-6,8-13,15-17,19H,2-3,7,14,18H2,1H3,(H,33,34,35);1-9,12-14,16,28H,10-11,15H2,(H,31,32,33);2*2-13,15H,14H2,1H3,(H,29,30,31). The van der Waals surface area contributed by atoms with Crippen LogP contribution in [0.2, 0.25) is 20.1 Å². The molecule has 21 rings (SSSR count). The number of aromatic nitrogens is 8. The number of ether oxygens (including phenoxy) is 8. The average molecular weight is 2050 g/mol. The number of hydrogen-bond acceptors (Lipinski definition) is 26. The predicted octanol–water partition coefficient (Wildman–Crippen LogP) is 28.4. The molecule has 1 aliphatic rings. The van der Waals surface area contributed by atoms with Gasteiger partial charge in [-0.1, -0.05) is 94.9 Å². The van der Waals surface area contributed by atoms with E-state index < -0.39 is 16.1 Å². The molecule has 0 spiro atoms. The van der Waals surface area contributed by atoms with Crippen LogP contribution >= 0.6 is 46.4 Å². The summed E-state index contributed by atoms with van der Waals surface area (Å²) in [5, 5.41) is 18.1. The lowest BCUT2D eigenvalue weighted by Crippen LogP contribution is -2.02. The number of benzene rings is 12. The minimum absolute atomic E-state index is 0.177. The molecule has 0 atom stereocenters. The van der Waals surface area contributed by atoms with Gasteiger partial charge in [-0.05, 0) is 266 Å². The zero-order chi connectivity index (χ0) is 100. The van der Waals surface area contributed by atoms with E-state index in [-0.39, 0.29) is 55.4 Å². The summed E-state index contributed by atoms with van der Waals surface area (Å²) in [6.07, 6.45) is 8.77. The number of furan rings is 4. The van der Waals surface area contributed by atoms with Crippen LogP contribution in [-0.2, 0) is 52.2 Å². The maximum Gasteiger partial charge on any atom is 0.284 e. The topological polar surface area (TPSA) is 312 Å². The fraction of sp³-hybridized carbons (Fsp3) is 0.127. The molecule has 1 fully saturated rings. The van der Waals surface area contributed by atoms with E-state index in [4.69, 9.17) is 102 Å². The van der Waals surface area contributed by atoms with Crippen molar-refractivity contribution in [3.63, 3.8) is 0 Å². The molecule has 0 bridgehead atoms. The number of sulfone groups is 1. The zero-order valence-electron chi connectivity index (χ0n) is 77.4. The Hall–Kier alpha value is -16.1. The van der Waals surface area contributed by atoms with Gasteiger partial charge in [-0.3, -0.25) is 0 Å². The fourth-order valence-corrected chi connectivity index (χ4v) is 17.0. The van der Waals surface area contributed by atoms with Crippen LogP contribution in [-0.4, -0.2) is 87.7 Å². The third-order valence-corrected chi connectivity index (χ3v) is 24.7. The molecule has 26 nitrogen and oxygen atoms in total. The number of fused-ring (bicyclic) bond motifs is 4. The summed E-state index contributed by atoms with van der Waals surface area (Å²) in [6, 6.07) is 84.3. The van der Waals surface area contributed by atoms with E-state index >= 15 is 0 Å². The lowest BCUT2D eigenvalue weighted by atomic mass is 10.1. The molecule has 1 aliphatic heterocycles. The second-order valence-corrected chi connectivity index (χ2v) is 36.7. The van der Waals surface area contributed by atoms with E-state index in [9.17, 15) is 26.0 Å². The van der Waals surface area contributed by atoms with E-state index in [1.165, 1.54) is 80.1 Å². The maximum atomic E-state index is 13.4. The Morgan fingerprint density at radius 1 is 0.338 bits per heavy atom. The SMILES string of the molecule is COc1ccc(-c2ccc3ncnc(Nc4ccc(OCc5cccc(F)c5)c(Cl)c4)c3c2)o1.COc1ccc(-c2ccc3ncnc(Nc4ccc(OCc5cccc(F)c5)c(Cl)c4)c3c2)o1.CS(=O)(=O)CCCCc1ccc(-c2ccc3ncnc(Nc4ccc(OCc5cccc(F)c5)c(Cl)c4)c3c2)o1.Fc1cccc(COc2ccc(Nc3ncnc4ccc(-c5ccc(C6OCCO6)o5)cc34)cc2Cl)c1. The van der Waals surface area contributed by atoms with Gasteiger partial charge >= 0.3 is 0 Å². The van der Waals surface area contributed by atoms with Gasteiger partial charge in [0.2, 0.25) is 6.29 Å². The smallest absolute Gasteiger partial charge is 0.284 e. The molecule has 0 amide bonds. The molecule has 8 aromatic heterocycles. The molecule has 4 N–H and O–H groups in total.